The van der Waals surface area contributed by atoms with Crippen LogP contribution < -0.4 is 0 Å². The first-order chi connectivity index (χ1) is 14.0. The Morgan fingerprint density at radius 2 is 1.45 bits per heavy atom. The van der Waals surface area contributed by atoms with Crippen molar-refractivity contribution in [3.05, 3.63) is 107 Å². The van der Waals surface area contributed by atoms with E-state index < -0.39 is 0 Å². The molecule has 0 unspecified atom stereocenters. The molecule has 2 heteroatoms. The van der Waals surface area contributed by atoms with E-state index in [1.54, 1.807) is 0 Å². The second kappa shape index (κ2) is 7.92. The Morgan fingerprint density at radius 3 is 2.10 bits per heavy atom. The minimum absolute atomic E-state index is 0.280. The lowest BCUT2D eigenvalue weighted by Gasteiger charge is -2.17. The Bertz CT molecular complexity index is 1130. The first-order valence-electron chi connectivity index (χ1n) is 9.93. The van der Waals surface area contributed by atoms with Crippen molar-refractivity contribution in [1.29, 1.82) is 0 Å². The molecule has 2 nitrogen and oxygen atoms in total. The maximum atomic E-state index is 10.8. The van der Waals surface area contributed by atoms with Gasteiger partial charge >= 0.3 is 0 Å². The van der Waals surface area contributed by atoms with E-state index in [0.717, 1.165) is 45.6 Å². The highest BCUT2D eigenvalue weighted by atomic mass is 16.3. The summed E-state index contributed by atoms with van der Waals surface area (Å²) in [4.78, 5) is 5.01. The van der Waals surface area contributed by atoms with Crippen LogP contribution in [0.3, 0.4) is 0 Å². The summed E-state index contributed by atoms with van der Waals surface area (Å²) in [6, 6.07) is 26.9. The molecule has 0 saturated heterocycles. The van der Waals surface area contributed by atoms with Gasteiger partial charge in [0.15, 0.2) is 0 Å². The molecule has 0 spiro atoms. The van der Waals surface area contributed by atoms with Gasteiger partial charge in [0.2, 0.25) is 0 Å². The van der Waals surface area contributed by atoms with Gasteiger partial charge in [-0.15, -0.1) is 0 Å². The predicted molar refractivity (Wildman–Crippen MR) is 120 cm³/mol. The first kappa shape index (κ1) is 18.9. The third-order valence-corrected chi connectivity index (χ3v) is 5.34. The molecule has 0 saturated carbocycles. The number of hydrogen-bond acceptors (Lipinski definition) is 2. The van der Waals surface area contributed by atoms with Gasteiger partial charge < -0.3 is 5.11 Å². The molecular formula is C27H25NO. The van der Waals surface area contributed by atoms with Crippen LogP contribution >= 0.6 is 0 Å². The quantitative estimate of drug-likeness (QED) is 0.431. The number of hydrogen-bond donors (Lipinski definition) is 1. The van der Waals surface area contributed by atoms with Crippen molar-refractivity contribution < 1.29 is 5.11 Å². The molecule has 0 aliphatic rings. The maximum Gasteiger partial charge on any atom is 0.125 e. The van der Waals surface area contributed by atoms with E-state index in [9.17, 15) is 5.11 Å². The molecule has 0 atom stereocenters. The summed E-state index contributed by atoms with van der Waals surface area (Å²) in [5.41, 5.74) is 9.31. The van der Waals surface area contributed by atoms with Gasteiger partial charge in [-0.2, -0.15) is 0 Å². The summed E-state index contributed by atoms with van der Waals surface area (Å²) < 4.78 is 0. The van der Waals surface area contributed by atoms with Gasteiger partial charge in [-0.3, -0.25) is 4.98 Å². The molecular weight excluding hydrogens is 354 g/mol. The zero-order valence-corrected chi connectivity index (χ0v) is 17.1. The highest BCUT2D eigenvalue weighted by molar-refractivity contribution is 5.85. The third kappa shape index (κ3) is 3.93. The molecule has 144 valence electrons. The van der Waals surface area contributed by atoms with Gasteiger partial charge in [0.25, 0.3) is 0 Å². The molecule has 0 aliphatic heterocycles. The Labute approximate surface area is 172 Å². The molecule has 1 aromatic heterocycles. The van der Waals surface area contributed by atoms with Gasteiger partial charge in [0, 0.05) is 16.8 Å². The fourth-order valence-corrected chi connectivity index (χ4v) is 3.92. The third-order valence-electron chi connectivity index (χ3n) is 5.34. The first-order valence-corrected chi connectivity index (χ1v) is 9.93. The molecule has 1 heterocycles. The number of phenols is 1. The summed E-state index contributed by atoms with van der Waals surface area (Å²) in [6.45, 7) is 6.08. The van der Waals surface area contributed by atoms with Crippen molar-refractivity contribution in [3.8, 4) is 28.1 Å². The number of benzene rings is 3. The molecule has 0 aliphatic carbocycles. The summed E-state index contributed by atoms with van der Waals surface area (Å²) in [7, 11) is 0. The molecule has 3 aromatic carbocycles. The molecule has 0 radical (unpaired) electrons. The minimum Gasteiger partial charge on any atom is -0.507 e. The van der Waals surface area contributed by atoms with Crippen LogP contribution in [0.15, 0.2) is 78.9 Å². The Kier molecular flexibility index (Phi) is 5.18. The van der Waals surface area contributed by atoms with Gasteiger partial charge in [-0.05, 0) is 67.1 Å². The molecule has 4 aromatic rings. The topological polar surface area (TPSA) is 33.1 Å². The lowest BCUT2D eigenvalue weighted by Crippen LogP contribution is -2.01. The summed E-state index contributed by atoms with van der Waals surface area (Å²) >= 11 is 0. The number of aryl methyl sites for hydroxylation is 3. The molecule has 4 rings (SSSR count). The van der Waals surface area contributed by atoms with Crippen molar-refractivity contribution in [2.75, 3.05) is 0 Å². The summed E-state index contributed by atoms with van der Waals surface area (Å²) in [6.07, 6.45) is 0.832. The monoisotopic (exact) mass is 379 g/mol. The summed E-state index contributed by atoms with van der Waals surface area (Å²) in [5.74, 6) is 0.280. The van der Waals surface area contributed by atoms with E-state index in [4.69, 9.17) is 4.98 Å². The number of aromatic nitrogens is 1. The molecule has 0 amide bonds. The van der Waals surface area contributed by atoms with Gasteiger partial charge in [-0.25, -0.2) is 0 Å². The van der Waals surface area contributed by atoms with Crippen LogP contribution in [-0.2, 0) is 6.42 Å². The lowest BCUT2D eigenvalue weighted by atomic mass is 9.92. The van der Waals surface area contributed by atoms with Crippen LogP contribution in [0.4, 0.5) is 0 Å². The van der Waals surface area contributed by atoms with Crippen molar-refractivity contribution >= 4 is 0 Å². The molecule has 1 N–H and O–H groups in total. The number of phenolic OH excluding ortho intramolecular Hbond substituents is 1. The van der Waals surface area contributed by atoms with Crippen LogP contribution in [0.2, 0.25) is 0 Å². The molecule has 29 heavy (non-hydrogen) atoms. The number of pyridine rings is 1. The fraction of sp³-hybridized carbons (Fsp3) is 0.148. The van der Waals surface area contributed by atoms with Crippen LogP contribution in [0.25, 0.3) is 22.4 Å². The van der Waals surface area contributed by atoms with Gasteiger partial charge in [0.1, 0.15) is 5.75 Å². The largest absolute Gasteiger partial charge is 0.507 e. The lowest BCUT2D eigenvalue weighted by molar-refractivity contribution is 0.476. The highest BCUT2D eigenvalue weighted by Crippen LogP contribution is 2.39. The number of nitrogens with zero attached hydrogens (tertiary/aromatic N) is 1. The van der Waals surface area contributed by atoms with Crippen molar-refractivity contribution in [1.82, 2.24) is 4.98 Å². The van der Waals surface area contributed by atoms with Crippen molar-refractivity contribution in [2.45, 2.75) is 27.2 Å². The van der Waals surface area contributed by atoms with E-state index in [1.807, 2.05) is 44.2 Å². The zero-order valence-electron chi connectivity index (χ0n) is 17.1. The fourth-order valence-electron chi connectivity index (χ4n) is 3.92. The van der Waals surface area contributed by atoms with E-state index in [2.05, 4.69) is 55.5 Å². The zero-order chi connectivity index (χ0) is 20.4. The van der Waals surface area contributed by atoms with Crippen molar-refractivity contribution in [3.63, 3.8) is 0 Å². The van der Waals surface area contributed by atoms with E-state index in [0.29, 0.717) is 0 Å². The predicted octanol–water partition coefficient (Wildman–Crippen LogP) is 6.64. The van der Waals surface area contributed by atoms with Gasteiger partial charge in [0.05, 0.1) is 5.69 Å². The van der Waals surface area contributed by atoms with E-state index in [-0.39, 0.29) is 5.75 Å². The normalized spacial score (nSPS) is 10.9. The van der Waals surface area contributed by atoms with E-state index >= 15 is 0 Å². The maximum absolute atomic E-state index is 10.8. The van der Waals surface area contributed by atoms with Crippen LogP contribution in [0.1, 0.15) is 27.9 Å². The van der Waals surface area contributed by atoms with Crippen LogP contribution in [0, 0.1) is 20.8 Å². The number of aromatic hydroxyl groups is 1. The van der Waals surface area contributed by atoms with Crippen molar-refractivity contribution in [2.24, 2.45) is 0 Å². The van der Waals surface area contributed by atoms with Crippen LogP contribution in [0.5, 0.6) is 5.75 Å². The Morgan fingerprint density at radius 1 is 0.793 bits per heavy atom. The van der Waals surface area contributed by atoms with Crippen LogP contribution in [-0.4, -0.2) is 10.1 Å². The Balaban J connectivity index is 1.93. The van der Waals surface area contributed by atoms with Gasteiger partial charge in [-0.1, -0.05) is 66.7 Å². The second-order valence-corrected chi connectivity index (χ2v) is 7.63. The highest BCUT2D eigenvalue weighted by Gasteiger charge is 2.18. The standard InChI is InChI=1S/C27H25NO/c1-18-14-19(2)26(25(29)15-18)27-24(22-12-8-5-9-13-22)17-23(20(3)28-27)16-21-10-6-4-7-11-21/h4-15,17,29H,16H2,1-3H3. The average molecular weight is 380 g/mol. The molecule has 0 bridgehead atoms. The average Bonchev–Trinajstić information content (AvgIpc) is 2.70. The van der Waals surface area contributed by atoms with E-state index in [1.165, 1.54) is 11.1 Å². The smallest absolute Gasteiger partial charge is 0.125 e. The SMILES string of the molecule is Cc1cc(C)c(-c2nc(C)c(Cc3ccccc3)cc2-c2ccccc2)c(O)c1. The molecule has 0 fully saturated rings. The summed E-state index contributed by atoms with van der Waals surface area (Å²) in [5, 5.41) is 10.8. The minimum atomic E-state index is 0.280. The number of rotatable bonds is 4. The Hall–Kier alpha value is -3.39. The second-order valence-electron chi connectivity index (χ2n) is 7.63.